The van der Waals surface area contributed by atoms with Crippen molar-refractivity contribution in [2.75, 3.05) is 38.5 Å². The molecule has 0 amide bonds. The molecule has 0 saturated carbocycles. The first-order valence-corrected chi connectivity index (χ1v) is 9.65. The van der Waals surface area contributed by atoms with Gasteiger partial charge < -0.3 is 10.2 Å². The number of nitrogens with one attached hydrogen (secondary N) is 2. The third-order valence-corrected chi connectivity index (χ3v) is 5.19. The van der Waals surface area contributed by atoms with Crippen LogP contribution in [0.2, 0.25) is 0 Å². The van der Waals surface area contributed by atoms with E-state index < -0.39 is 10.0 Å². The van der Waals surface area contributed by atoms with Crippen LogP contribution in [0.1, 0.15) is 46.0 Å². The molecule has 0 radical (unpaired) electrons. The number of nitrogens with zero attached hydrogens (tertiary/aromatic N) is 1. The second kappa shape index (κ2) is 9.71. The molecule has 0 aromatic heterocycles. The molecule has 1 aliphatic heterocycles. The minimum atomic E-state index is -3.11. The third kappa shape index (κ3) is 7.57. The van der Waals surface area contributed by atoms with Gasteiger partial charge >= 0.3 is 0 Å². The highest BCUT2D eigenvalue weighted by atomic mass is 32.2. The highest BCUT2D eigenvalue weighted by Crippen LogP contribution is 2.11. The fourth-order valence-electron chi connectivity index (χ4n) is 2.59. The average molecular weight is 305 g/mol. The van der Waals surface area contributed by atoms with Gasteiger partial charge in [-0.05, 0) is 64.8 Å². The molecule has 5 nitrogen and oxygen atoms in total. The van der Waals surface area contributed by atoms with Gasteiger partial charge in [-0.2, -0.15) is 0 Å². The second-order valence-electron chi connectivity index (χ2n) is 5.66. The van der Waals surface area contributed by atoms with Crippen molar-refractivity contribution < 1.29 is 8.42 Å². The number of sulfonamides is 1. The summed E-state index contributed by atoms with van der Waals surface area (Å²) in [6.45, 7) is 9.19. The summed E-state index contributed by atoms with van der Waals surface area (Å²) in [7, 11) is -3.11. The van der Waals surface area contributed by atoms with Gasteiger partial charge in [0.15, 0.2) is 0 Å². The van der Waals surface area contributed by atoms with Crippen LogP contribution in [0, 0.1) is 0 Å². The Labute approximate surface area is 124 Å². The Morgan fingerprint density at radius 3 is 2.40 bits per heavy atom. The molecule has 0 aromatic rings. The van der Waals surface area contributed by atoms with Crippen LogP contribution in [0.4, 0.5) is 0 Å². The number of piperidine rings is 1. The van der Waals surface area contributed by atoms with E-state index in [1.807, 2.05) is 0 Å². The summed E-state index contributed by atoms with van der Waals surface area (Å²) in [6, 6.07) is 0.136. The maximum absolute atomic E-state index is 12.0. The van der Waals surface area contributed by atoms with Crippen LogP contribution in [0.25, 0.3) is 0 Å². The lowest BCUT2D eigenvalue weighted by molar-refractivity contribution is 0.208. The van der Waals surface area contributed by atoms with E-state index in [0.29, 0.717) is 6.42 Å². The van der Waals surface area contributed by atoms with Gasteiger partial charge in [0, 0.05) is 6.04 Å². The van der Waals surface area contributed by atoms with E-state index in [1.165, 1.54) is 6.42 Å². The van der Waals surface area contributed by atoms with Crippen LogP contribution in [-0.4, -0.2) is 57.8 Å². The standard InChI is InChI=1S/C14H31N3O2S/c1-3-8-15-9-5-13-20(18,19)16-14-6-11-17(10-4-2)12-7-14/h14-16H,3-13H2,1-2H3. The molecule has 1 heterocycles. The van der Waals surface area contributed by atoms with Crippen LogP contribution in [-0.2, 0) is 10.0 Å². The van der Waals surface area contributed by atoms with E-state index in [-0.39, 0.29) is 11.8 Å². The Hall–Kier alpha value is -0.170. The minimum absolute atomic E-state index is 0.136. The monoisotopic (exact) mass is 305 g/mol. The number of hydrogen-bond acceptors (Lipinski definition) is 4. The summed E-state index contributed by atoms with van der Waals surface area (Å²) in [5, 5.41) is 3.23. The van der Waals surface area contributed by atoms with Crippen molar-refractivity contribution in [2.45, 2.75) is 52.0 Å². The lowest BCUT2D eigenvalue weighted by atomic mass is 10.1. The van der Waals surface area contributed by atoms with Gasteiger partial charge in [0.2, 0.25) is 10.0 Å². The maximum Gasteiger partial charge on any atom is 0.211 e. The molecule has 20 heavy (non-hydrogen) atoms. The summed E-state index contributed by atoms with van der Waals surface area (Å²) in [4.78, 5) is 2.42. The van der Waals surface area contributed by atoms with E-state index in [9.17, 15) is 8.42 Å². The van der Waals surface area contributed by atoms with Crippen molar-refractivity contribution in [1.82, 2.24) is 14.9 Å². The third-order valence-electron chi connectivity index (χ3n) is 3.67. The SMILES string of the molecule is CCCNCCCS(=O)(=O)NC1CCN(CCC)CC1. The molecule has 120 valence electrons. The first-order valence-electron chi connectivity index (χ1n) is 8.00. The zero-order chi connectivity index (χ0) is 14.8. The Kier molecular flexibility index (Phi) is 8.68. The van der Waals surface area contributed by atoms with E-state index in [1.54, 1.807) is 0 Å². The minimum Gasteiger partial charge on any atom is -0.317 e. The molecule has 0 bridgehead atoms. The molecule has 1 fully saturated rings. The van der Waals surface area contributed by atoms with Gasteiger partial charge in [0.05, 0.1) is 5.75 Å². The van der Waals surface area contributed by atoms with Crippen molar-refractivity contribution in [3.05, 3.63) is 0 Å². The first-order chi connectivity index (χ1) is 9.57. The highest BCUT2D eigenvalue weighted by Gasteiger charge is 2.22. The smallest absolute Gasteiger partial charge is 0.211 e. The number of likely N-dealkylation sites (tertiary alicyclic amines) is 1. The van der Waals surface area contributed by atoms with E-state index in [4.69, 9.17) is 0 Å². The maximum atomic E-state index is 12.0. The molecule has 1 aliphatic rings. The molecule has 0 spiro atoms. The summed E-state index contributed by atoms with van der Waals surface area (Å²) in [5.74, 6) is 0.235. The van der Waals surface area contributed by atoms with Gasteiger partial charge in [-0.15, -0.1) is 0 Å². The summed E-state index contributed by atoms with van der Waals surface area (Å²) in [6.07, 6.45) is 4.81. The van der Waals surface area contributed by atoms with Crippen molar-refractivity contribution in [2.24, 2.45) is 0 Å². The molecule has 0 aromatic carbocycles. The number of rotatable bonds is 10. The lowest BCUT2D eigenvalue weighted by Gasteiger charge is -2.31. The van der Waals surface area contributed by atoms with Gasteiger partial charge in [0.25, 0.3) is 0 Å². The molecule has 0 aliphatic carbocycles. The van der Waals surface area contributed by atoms with Gasteiger partial charge in [-0.1, -0.05) is 13.8 Å². The molecule has 1 saturated heterocycles. The number of hydrogen-bond donors (Lipinski definition) is 2. The van der Waals surface area contributed by atoms with E-state index in [0.717, 1.165) is 52.0 Å². The fraction of sp³-hybridized carbons (Fsp3) is 1.00. The Morgan fingerprint density at radius 2 is 1.80 bits per heavy atom. The summed E-state index contributed by atoms with van der Waals surface area (Å²) in [5.41, 5.74) is 0. The molecule has 1 rings (SSSR count). The molecule has 0 unspecified atom stereocenters. The van der Waals surface area contributed by atoms with E-state index in [2.05, 4.69) is 28.8 Å². The molecular weight excluding hydrogens is 274 g/mol. The molecule has 0 atom stereocenters. The predicted molar refractivity (Wildman–Crippen MR) is 84.5 cm³/mol. The van der Waals surface area contributed by atoms with Gasteiger partial charge in [-0.25, -0.2) is 13.1 Å². The van der Waals surface area contributed by atoms with Crippen LogP contribution >= 0.6 is 0 Å². The predicted octanol–water partition coefficient (Wildman–Crippen LogP) is 1.17. The van der Waals surface area contributed by atoms with Crippen molar-refractivity contribution in [3.8, 4) is 0 Å². The first kappa shape index (κ1) is 17.9. The zero-order valence-electron chi connectivity index (χ0n) is 13.0. The average Bonchev–Trinajstić information content (AvgIpc) is 2.41. The summed E-state index contributed by atoms with van der Waals surface area (Å²) < 4.78 is 26.8. The fourth-order valence-corrected chi connectivity index (χ4v) is 3.98. The second-order valence-corrected chi connectivity index (χ2v) is 7.53. The Bertz CT molecular complexity index is 338. The lowest BCUT2D eigenvalue weighted by Crippen LogP contribution is -2.45. The normalized spacial score (nSPS) is 18.5. The molecule has 6 heteroatoms. The Morgan fingerprint density at radius 1 is 1.10 bits per heavy atom. The van der Waals surface area contributed by atoms with Crippen LogP contribution in [0.15, 0.2) is 0 Å². The van der Waals surface area contributed by atoms with Crippen molar-refractivity contribution in [3.63, 3.8) is 0 Å². The largest absolute Gasteiger partial charge is 0.317 e. The quantitative estimate of drug-likeness (QED) is 0.595. The Balaban J connectivity index is 2.19. The highest BCUT2D eigenvalue weighted by molar-refractivity contribution is 7.89. The van der Waals surface area contributed by atoms with Crippen molar-refractivity contribution in [1.29, 1.82) is 0 Å². The van der Waals surface area contributed by atoms with Crippen LogP contribution in [0.3, 0.4) is 0 Å². The van der Waals surface area contributed by atoms with Crippen molar-refractivity contribution >= 4 is 10.0 Å². The van der Waals surface area contributed by atoms with E-state index >= 15 is 0 Å². The summed E-state index contributed by atoms with van der Waals surface area (Å²) >= 11 is 0. The molecule has 2 N–H and O–H groups in total. The zero-order valence-corrected chi connectivity index (χ0v) is 13.8. The molecular formula is C14H31N3O2S. The van der Waals surface area contributed by atoms with Gasteiger partial charge in [-0.3, -0.25) is 0 Å². The van der Waals surface area contributed by atoms with Gasteiger partial charge in [0.1, 0.15) is 0 Å². The van der Waals surface area contributed by atoms with Crippen LogP contribution < -0.4 is 10.0 Å². The van der Waals surface area contributed by atoms with Crippen LogP contribution in [0.5, 0.6) is 0 Å². The topological polar surface area (TPSA) is 61.4 Å².